The second-order valence-electron chi connectivity index (χ2n) is 7.72. The lowest BCUT2D eigenvalue weighted by molar-refractivity contribution is 0.174. The van der Waals surface area contributed by atoms with Crippen molar-refractivity contribution in [2.24, 2.45) is 0 Å². The van der Waals surface area contributed by atoms with Gasteiger partial charge in [-0.05, 0) is 36.8 Å². The van der Waals surface area contributed by atoms with Crippen LogP contribution in [0.3, 0.4) is 0 Å². The van der Waals surface area contributed by atoms with Crippen LogP contribution in [0.15, 0.2) is 59.9 Å². The highest BCUT2D eigenvalue weighted by molar-refractivity contribution is 6.04. The second-order valence-corrected chi connectivity index (χ2v) is 7.72. The van der Waals surface area contributed by atoms with Crippen LogP contribution in [-0.4, -0.2) is 30.9 Å². The molecule has 0 radical (unpaired) electrons. The molecule has 8 heteroatoms. The van der Waals surface area contributed by atoms with E-state index in [0.29, 0.717) is 46.9 Å². The monoisotopic (exact) mass is 425 g/mol. The van der Waals surface area contributed by atoms with Gasteiger partial charge in [0.05, 0.1) is 17.6 Å². The van der Waals surface area contributed by atoms with Gasteiger partial charge in [-0.3, -0.25) is 9.36 Å². The van der Waals surface area contributed by atoms with Crippen LogP contribution in [0.5, 0.6) is 11.5 Å². The molecule has 0 saturated carbocycles. The summed E-state index contributed by atoms with van der Waals surface area (Å²) in [5.74, 6) is 2.04. The normalized spacial score (nSPS) is 12.8. The van der Waals surface area contributed by atoms with Gasteiger partial charge in [-0.2, -0.15) is 0 Å². The molecule has 0 spiro atoms. The summed E-state index contributed by atoms with van der Waals surface area (Å²) in [4.78, 5) is 27.9. The van der Waals surface area contributed by atoms with Gasteiger partial charge in [-0.15, -0.1) is 6.58 Å². The predicted molar refractivity (Wildman–Crippen MR) is 121 cm³/mol. The summed E-state index contributed by atoms with van der Waals surface area (Å²) in [6, 6.07) is 13.5. The van der Waals surface area contributed by atoms with E-state index in [2.05, 4.69) is 6.58 Å². The fourth-order valence-electron chi connectivity index (χ4n) is 4.21. The molecule has 0 atom stereocenters. The maximum Gasteiger partial charge on any atom is 0.265 e. The zero-order valence-corrected chi connectivity index (χ0v) is 17.4. The third-order valence-corrected chi connectivity index (χ3v) is 5.73. The van der Waals surface area contributed by atoms with E-state index in [1.807, 2.05) is 54.0 Å². The van der Waals surface area contributed by atoms with Crippen LogP contribution >= 0.6 is 0 Å². The van der Waals surface area contributed by atoms with Gasteiger partial charge in [0.15, 0.2) is 22.8 Å². The highest BCUT2D eigenvalue weighted by Crippen LogP contribution is 2.33. The standard InChI is InChI=1S/C24H19N5O3/c1-3-10-28-14(2)25-22-20(24(28)30)21-23(27-17-7-5-4-6-16(17)26-21)29(22)12-15-8-9-18-19(11-15)32-13-31-18/h3-9,11H,1,10,12-13H2,2H3. The first-order chi connectivity index (χ1) is 15.6. The third-order valence-electron chi connectivity index (χ3n) is 5.73. The summed E-state index contributed by atoms with van der Waals surface area (Å²) >= 11 is 0. The van der Waals surface area contributed by atoms with Crippen molar-refractivity contribution in [3.63, 3.8) is 0 Å². The number of para-hydroxylation sites is 2. The van der Waals surface area contributed by atoms with Crippen LogP contribution in [-0.2, 0) is 13.1 Å². The number of benzene rings is 2. The summed E-state index contributed by atoms with van der Waals surface area (Å²) < 4.78 is 14.5. The van der Waals surface area contributed by atoms with E-state index in [1.165, 1.54) is 0 Å². The van der Waals surface area contributed by atoms with E-state index < -0.39 is 0 Å². The molecule has 1 aliphatic heterocycles. The number of aryl methyl sites for hydroxylation is 1. The molecule has 32 heavy (non-hydrogen) atoms. The van der Waals surface area contributed by atoms with Crippen LogP contribution in [0.4, 0.5) is 0 Å². The Labute approximate surface area is 182 Å². The molecule has 0 fully saturated rings. The highest BCUT2D eigenvalue weighted by atomic mass is 16.7. The van der Waals surface area contributed by atoms with E-state index in [1.54, 1.807) is 10.6 Å². The molecule has 0 amide bonds. The molecule has 158 valence electrons. The van der Waals surface area contributed by atoms with Crippen molar-refractivity contribution in [3.05, 3.63) is 76.9 Å². The largest absolute Gasteiger partial charge is 0.454 e. The third kappa shape index (κ3) is 2.69. The quantitative estimate of drug-likeness (QED) is 0.410. The zero-order chi connectivity index (χ0) is 21.8. The van der Waals surface area contributed by atoms with E-state index in [-0.39, 0.29) is 12.4 Å². The zero-order valence-electron chi connectivity index (χ0n) is 17.4. The van der Waals surface area contributed by atoms with Crippen LogP contribution in [0, 0.1) is 6.92 Å². The highest BCUT2D eigenvalue weighted by Gasteiger charge is 2.22. The predicted octanol–water partition coefficient (Wildman–Crippen LogP) is 3.57. The fourth-order valence-corrected chi connectivity index (χ4v) is 4.21. The Hall–Kier alpha value is -4.20. The van der Waals surface area contributed by atoms with Gasteiger partial charge in [-0.1, -0.05) is 24.3 Å². The van der Waals surface area contributed by atoms with Gasteiger partial charge in [0.1, 0.15) is 16.7 Å². The first kappa shape index (κ1) is 18.6. The van der Waals surface area contributed by atoms with Crippen molar-refractivity contribution in [2.75, 3.05) is 6.79 Å². The summed E-state index contributed by atoms with van der Waals surface area (Å²) in [6.45, 7) is 6.65. The van der Waals surface area contributed by atoms with Gasteiger partial charge in [0, 0.05) is 6.54 Å². The Morgan fingerprint density at radius 3 is 2.59 bits per heavy atom. The summed E-state index contributed by atoms with van der Waals surface area (Å²) in [5, 5.41) is 0.464. The Morgan fingerprint density at radius 1 is 1.00 bits per heavy atom. The molecule has 0 bridgehead atoms. The van der Waals surface area contributed by atoms with E-state index in [4.69, 9.17) is 24.4 Å². The van der Waals surface area contributed by atoms with Gasteiger partial charge in [0.25, 0.3) is 5.56 Å². The van der Waals surface area contributed by atoms with Gasteiger partial charge in [-0.25, -0.2) is 15.0 Å². The lowest BCUT2D eigenvalue weighted by Gasteiger charge is -2.10. The number of hydrogen-bond acceptors (Lipinski definition) is 6. The number of aromatic nitrogens is 5. The lowest BCUT2D eigenvalue weighted by Crippen LogP contribution is -2.23. The van der Waals surface area contributed by atoms with Gasteiger partial charge in [0.2, 0.25) is 6.79 Å². The molecule has 4 heterocycles. The average molecular weight is 425 g/mol. The number of ether oxygens (including phenoxy) is 2. The van der Waals surface area contributed by atoms with Crippen molar-refractivity contribution in [1.29, 1.82) is 0 Å². The maximum atomic E-state index is 13.5. The molecule has 0 unspecified atom stereocenters. The van der Waals surface area contributed by atoms with E-state index in [0.717, 1.165) is 22.3 Å². The van der Waals surface area contributed by atoms with Crippen molar-refractivity contribution in [2.45, 2.75) is 20.0 Å². The van der Waals surface area contributed by atoms with Crippen LogP contribution in [0.25, 0.3) is 33.2 Å². The molecular weight excluding hydrogens is 406 g/mol. The summed E-state index contributed by atoms with van der Waals surface area (Å²) in [7, 11) is 0. The van der Waals surface area contributed by atoms with Crippen molar-refractivity contribution < 1.29 is 9.47 Å². The van der Waals surface area contributed by atoms with E-state index in [9.17, 15) is 4.79 Å². The minimum Gasteiger partial charge on any atom is -0.454 e. The van der Waals surface area contributed by atoms with Crippen molar-refractivity contribution >= 4 is 33.2 Å². The molecule has 5 aromatic rings. The average Bonchev–Trinajstić information content (AvgIpc) is 3.38. The van der Waals surface area contributed by atoms with Crippen LogP contribution in [0.1, 0.15) is 11.4 Å². The Morgan fingerprint density at radius 2 is 1.78 bits per heavy atom. The molecule has 0 aliphatic carbocycles. The number of fused-ring (bicyclic) bond motifs is 5. The molecule has 6 rings (SSSR count). The van der Waals surface area contributed by atoms with Crippen molar-refractivity contribution in [1.82, 2.24) is 24.1 Å². The number of hydrogen-bond donors (Lipinski definition) is 0. The Bertz CT molecular complexity index is 1620. The maximum absolute atomic E-state index is 13.5. The number of rotatable bonds is 4. The fraction of sp³-hybridized carbons (Fsp3) is 0.167. The minimum atomic E-state index is -0.147. The smallest absolute Gasteiger partial charge is 0.265 e. The SMILES string of the molecule is C=CCn1c(C)nc2c(c1=O)c1nc3ccccc3nc1n2Cc1ccc2c(c1)OCO2. The Kier molecular flexibility index (Phi) is 4.01. The molecular formula is C24H19N5O3. The number of nitrogens with zero attached hydrogens (tertiary/aromatic N) is 5. The van der Waals surface area contributed by atoms with Gasteiger partial charge < -0.3 is 14.0 Å². The van der Waals surface area contributed by atoms with Crippen LogP contribution < -0.4 is 15.0 Å². The molecule has 3 aromatic heterocycles. The minimum absolute atomic E-state index is 0.147. The van der Waals surface area contributed by atoms with Crippen LogP contribution in [0.2, 0.25) is 0 Å². The van der Waals surface area contributed by atoms with Crippen molar-refractivity contribution in [3.8, 4) is 11.5 Å². The molecule has 8 nitrogen and oxygen atoms in total. The Balaban J connectivity index is 1.67. The molecule has 2 aromatic carbocycles. The topological polar surface area (TPSA) is 84.1 Å². The molecule has 0 saturated heterocycles. The number of allylic oxidation sites excluding steroid dienone is 1. The first-order valence-corrected chi connectivity index (χ1v) is 10.3. The summed E-state index contributed by atoms with van der Waals surface area (Å²) in [5.41, 5.74) is 4.07. The second kappa shape index (κ2) is 6.91. The van der Waals surface area contributed by atoms with Gasteiger partial charge >= 0.3 is 0 Å². The first-order valence-electron chi connectivity index (χ1n) is 10.3. The molecule has 1 aliphatic rings. The molecule has 0 N–H and O–H groups in total. The lowest BCUT2D eigenvalue weighted by atomic mass is 10.2. The van der Waals surface area contributed by atoms with E-state index >= 15 is 0 Å². The summed E-state index contributed by atoms with van der Waals surface area (Å²) in [6.07, 6.45) is 1.69.